The second-order valence-corrected chi connectivity index (χ2v) is 9.30. The van der Waals surface area contributed by atoms with Gasteiger partial charge in [0, 0.05) is 17.7 Å². The predicted octanol–water partition coefficient (Wildman–Crippen LogP) is 5.17. The standard InChI is InChI=1S/C28H35N3O5/c1-6-35-24-9-7-23(8-10-24)29-28(34)31(11-12-36-25(32)13-18(2)3)17-22-16-21-15-19(4)14-20(5)26(21)30-27(22)33/h7-10,14-16,18H,6,11-13,17H2,1-5H3,(H,29,34)(H,30,33). The van der Waals surface area contributed by atoms with E-state index in [1.54, 1.807) is 24.3 Å². The molecule has 0 saturated heterocycles. The molecular weight excluding hydrogens is 458 g/mol. The van der Waals surface area contributed by atoms with Crippen molar-refractivity contribution < 1.29 is 19.1 Å². The fourth-order valence-corrected chi connectivity index (χ4v) is 3.97. The number of aromatic nitrogens is 1. The van der Waals surface area contributed by atoms with Crippen LogP contribution in [0.15, 0.2) is 47.3 Å². The van der Waals surface area contributed by atoms with Crippen LogP contribution in [0.3, 0.4) is 0 Å². The first-order chi connectivity index (χ1) is 17.2. The Morgan fingerprint density at radius 1 is 1.08 bits per heavy atom. The lowest BCUT2D eigenvalue weighted by Crippen LogP contribution is -2.38. The van der Waals surface area contributed by atoms with Crippen molar-refractivity contribution in [3.8, 4) is 5.75 Å². The van der Waals surface area contributed by atoms with Crippen LogP contribution in [-0.2, 0) is 16.1 Å². The molecule has 8 heteroatoms. The molecule has 0 bridgehead atoms. The summed E-state index contributed by atoms with van der Waals surface area (Å²) >= 11 is 0. The molecule has 0 radical (unpaired) electrons. The minimum Gasteiger partial charge on any atom is -0.494 e. The second-order valence-electron chi connectivity index (χ2n) is 9.30. The van der Waals surface area contributed by atoms with E-state index in [0.717, 1.165) is 22.0 Å². The Bertz CT molecular complexity index is 1260. The average molecular weight is 494 g/mol. The highest BCUT2D eigenvalue weighted by Gasteiger charge is 2.18. The Morgan fingerprint density at radius 3 is 2.47 bits per heavy atom. The van der Waals surface area contributed by atoms with Crippen LogP contribution >= 0.6 is 0 Å². The third kappa shape index (κ3) is 7.34. The molecule has 2 N–H and O–H groups in total. The Balaban J connectivity index is 1.81. The molecule has 0 aliphatic rings. The number of urea groups is 1. The summed E-state index contributed by atoms with van der Waals surface area (Å²) in [5, 5.41) is 3.76. The van der Waals surface area contributed by atoms with Crippen molar-refractivity contribution in [3.63, 3.8) is 0 Å². The number of anilines is 1. The zero-order valence-electron chi connectivity index (χ0n) is 21.6. The van der Waals surface area contributed by atoms with Gasteiger partial charge in [-0.3, -0.25) is 9.59 Å². The van der Waals surface area contributed by atoms with E-state index >= 15 is 0 Å². The number of hydrogen-bond donors (Lipinski definition) is 2. The SMILES string of the molecule is CCOc1ccc(NC(=O)N(CCOC(=O)CC(C)C)Cc2cc3cc(C)cc(C)c3[nH]c2=O)cc1. The fourth-order valence-electron chi connectivity index (χ4n) is 3.97. The highest BCUT2D eigenvalue weighted by molar-refractivity contribution is 5.89. The molecule has 0 spiro atoms. The zero-order valence-corrected chi connectivity index (χ0v) is 21.6. The first-order valence-corrected chi connectivity index (χ1v) is 12.2. The summed E-state index contributed by atoms with van der Waals surface area (Å²) in [6.07, 6.45) is 0.307. The van der Waals surface area contributed by atoms with Crippen LogP contribution in [0, 0.1) is 19.8 Å². The van der Waals surface area contributed by atoms with Gasteiger partial charge in [0.2, 0.25) is 0 Å². The number of esters is 1. The lowest BCUT2D eigenvalue weighted by atomic mass is 10.1. The highest BCUT2D eigenvalue weighted by atomic mass is 16.5. The summed E-state index contributed by atoms with van der Waals surface area (Å²) in [6.45, 7) is 10.5. The minimum atomic E-state index is -0.404. The van der Waals surface area contributed by atoms with Crippen molar-refractivity contribution >= 4 is 28.6 Å². The van der Waals surface area contributed by atoms with E-state index in [0.29, 0.717) is 30.0 Å². The smallest absolute Gasteiger partial charge is 0.322 e. The molecule has 192 valence electrons. The number of nitrogens with one attached hydrogen (secondary N) is 2. The molecule has 0 aliphatic heterocycles. The van der Waals surface area contributed by atoms with Gasteiger partial charge in [-0.15, -0.1) is 0 Å². The molecule has 3 aromatic rings. The highest BCUT2D eigenvalue weighted by Crippen LogP contribution is 2.20. The Hall–Kier alpha value is -3.81. The van der Waals surface area contributed by atoms with Crippen molar-refractivity contribution in [3.05, 3.63) is 69.5 Å². The van der Waals surface area contributed by atoms with Gasteiger partial charge >= 0.3 is 12.0 Å². The van der Waals surface area contributed by atoms with E-state index in [1.807, 2.05) is 52.8 Å². The molecule has 2 amide bonds. The van der Waals surface area contributed by atoms with Crippen molar-refractivity contribution in [2.75, 3.05) is 25.1 Å². The van der Waals surface area contributed by atoms with Crippen LogP contribution < -0.4 is 15.6 Å². The number of aryl methyl sites for hydroxylation is 2. The summed E-state index contributed by atoms with van der Waals surface area (Å²) in [6, 6.07) is 12.5. The van der Waals surface area contributed by atoms with Gasteiger partial charge in [-0.2, -0.15) is 0 Å². The number of amides is 2. The quantitative estimate of drug-likeness (QED) is 0.380. The van der Waals surface area contributed by atoms with E-state index in [1.165, 1.54) is 4.90 Å². The van der Waals surface area contributed by atoms with Crippen molar-refractivity contribution in [1.82, 2.24) is 9.88 Å². The lowest BCUT2D eigenvalue weighted by molar-refractivity contribution is -0.144. The van der Waals surface area contributed by atoms with E-state index in [-0.39, 0.29) is 37.1 Å². The molecular formula is C28H35N3O5. The van der Waals surface area contributed by atoms with Gasteiger partial charge in [-0.1, -0.05) is 25.5 Å². The van der Waals surface area contributed by atoms with Crippen LogP contribution in [-0.4, -0.2) is 41.6 Å². The van der Waals surface area contributed by atoms with E-state index in [9.17, 15) is 14.4 Å². The van der Waals surface area contributed by atoms with Crippen LogP contribution in [0.5, 0.6) is 5.75 Å². The molecule has 2 aromatic carbocycles. The van der Waals surface area contributed by atoms with Gasteiger partial charge in [0.05, 0.1) is 25.2 Å². The number of benzene rings is 2. The maximum Gasteiger partial charge on any atom is 0.322 e. The van der Waals surface area contributed by atoms with Crippen LogP contribution in [0.2, 0.25) is 0 Å². The topological polar surface area (TPSA) is 101 Å². The Morgan fingerprint density at radius 2 is 1.81 bits per heavy atom. The number of fused-ring (bicyclic) bond motifs is 1. The van der Waals surface area contributed by atoms with Crippen molar-refractivity contribution in [1.29, 1.82) is 0 Å². The number of pyridine rings is 1. The largest absolute Gasteiger partial charge is 0.494 e. The summed E-state index contributed by atoms with van der Waals surface area (Å²) in [5.74, 6) is 0.573. The Labute approximate surface area is 211 Å². The van der Waals surface area contributed by atoms with Gasteiger partial charge in [-0.25, -0.2) is 4.79 Å². The maximum atomic E-state index is 13.2. The molecule has 0 fully saturated rings. The number of carbonyl (C=O) groups is 2. The minimum absolute atomic E-state index is 0.0337. The maximum absolute atomic E-state index is 13.2. The fraction of sp³-hybridized carbons (Fsp3) is 0.393. The Kier molecular flexibility index (Phi) is 9.11. The van der Waals surface area contributed by atoms with Crippen LogP contribution in [0.4, 0.5) is 10.5 Å². The van der Waals surface area contributed by atoms with Crippen molar-refractivity contribution in [2.45, 2.75) is 47.6 Å². The predicted molar refractivity (Wildman–Crippen MR) is 141 cm³/mol. The van der Waals surface area contributed by atoms with Gasteiger partial charge in [0.1, 0.15) is 12.4 Å². The lowest BCUT2D eigenvalue weighted by Gasteiger charge is -2.23. The number of nitrogens with zero attached hydrogens (tertiary/aromatic N) is 1. The third-order valence-electron chi connectivity index (χ3n) is 5.63. The first kappa shape index (κ1) is 26.8. The molecule has 0 atom stereocenters. The first-order valence-electron chi connectivity index (χ1n) is 12.2. The van der Waals surface area contributed by atoms with Gasteiger partial charge in [-0.05, 0) is 74.0 Å². The number of carbonyl (C=O) groups excluding carboxylic acids is 2. The normalized spacial score (nSPS) is 10.9. The molecule has 36 heavy (non-hydrogen) atoms. The van der Waals surface area contributed by atoms with Gasteiger partial charge in [0.25, 0.3) is 5.56 Å². The van der Waals surface area contributed by atoms with Gasteiger partial charge < -0.3 is 24.7 Å². The summed E-state index contributed by atoms with van der Waals surface area (Å²) in [4.78, 5) is 42.5. The van der Waals surface area contributed by atoms with E-state index in [2.05, 4.69) is 10.3 Å². The molecule has 3 rings (SSSR count). The number of hydrogen-bond acceptors (Lipinski definition) is 5. The molecule has 0 unspecified atom stereocenters. The third-order valence-corrected chi connectivity index (χ3v) is 5.63. The van der Waals surface area contributed by atoms with E-state index in [4.69, 9.17) is 9.47 Å². The average Bonchev–Trinajstić information content (AvgIpc) is 2.80. The zero-order chi connectivity index (χ0) is 26.2. The number of ether oxygens (including phenoxy) is 2. The number of H-pyrrole nitrogens is 1. The molecule has 0 saturated carbocycles. The monoisotopic (exact) mass is 493 g/mol. The number of aromatic amines is 1. The molecule has 1 heterocycles. The van der Waals surface area contributed by atoms with Gasteiger partial charge in [0.15, 0.2) is 0 Å². The second kappa shape index (κ2) is 12.2. The molecule has 8 nitrogen and oxygen atoms in total. The summed E-state index contributed by atoms with van der Waals surface area (Å²) in [5.41, 5.74) is 3.62. The number of rotatable bonds is 10. The summed E-state index contributed by atoms with van der Waals surface area (Å²) < 4.78 is 10.8. The molecule has 0 aliphatic carbocycles. The van der Waals surface area contributed by atoms with Crippen LogP contribution in [0.25, 0.3) is 10.9 Å². The van der Waals surface area contributed by atoms with E-state index < -0.39 is 6.03 Å². The van der Waals surface area contributed by atoms with Crippen LogP contribution in [0.1, 0.15) is 43.9 Å². The summed E-state index contributed by atoms with van der Waals surface area (Å²) in [7, 11) is 0. The molecule has 1 aromatic heterocycles. The van der Waals surface area contributed by atoms with Crippen molar-refractivity contribution in [2.24, 2.45) is 5.92 Å².